The van der Waals surface area contributed by atoms with Crippen molar-refractivity contribution >= 4 is 11.8 Å². The Balaban J connectivity index is 1.64. The number of thioether (sulfide) groups is 1. The fourth-order valence-corrected chi connectivity index (χ4v) is 4.44. The van der Waals surface area contributed by atoms with Gasteiger partial charge in [0.15, 0.2) is 11.0 Å². The first-order valence-electron chi connectivity index (χ1n) is 9.35. The minimum Gasteiger partial charge on any atom is -0.296 e. The Hall–Kier alpha value is -2.18. The highest BCUT2D eigenvalue weighted by molar-refractivity contribution is 7.99. The molecule has 1 unspecified atom stereocenters. The second kappa shape index (κ2) is 8.23. The molecule has 3 aromatic rings. The van der Waals surface area contributed by atoms with Crippen LogP contribution in [0.5, 0.6) is 0 Å². The fraction of sp³-hybridized carbons (Fsp3) is 0.333. The van der Waals surface area contributed by atoms with Gasteiger partial charge in [0.25, 0.3) is 0 Å². The van der Waals surface area contributed by atoms with Crippen LogP contribution >= 0.6 is 11.8 Å². The topological polar surface area (TPSA) is 34.0 Å². The molecule has 1 atom stereocenters. The molecule has 27 heavy (non-hydrogen) atoms. The van der Waals surface area contributed by atoms with Gasteiger partial charge in [-0.05, 0) is 62.7 Å². The summed E-state index contributed by atoms with van der Waals surface area (Å²) in [7, 11) is 0. The van der Waals surface area contributed by atoms with Crippen LogP contribution in [-0.4, -0.2) is 32.8 Å². The first kappa shape index (κ1) is 18.2. The summed E-state index contributed by atoms with van der Waals surface area (Å²) >= 11 is 1.61. The van der Waals surface area contributed by atoms with Gasteiger partial charge in [0, 0.05) is 10.9 Å². The molecule has 0 N–H and O–H groups in total. The van der Waals surface area contributed by atoms with Crippen molar-refractivity contribution < 1.29 is 4.39 Å². The highest BCUT2D eigenvalue weighted by Crippen LogP contribution is 2.35. The second-order valence-corrected chi connectivity index (χ2v) is 8.18. The van der Waals surface area contributed by atoms with E-state index in [1.807, 2.05) is 24.3 Å². The van der Waals surface area contributed by atoms with Gasteiger partial charge in [-0.1, -0.05) is 42.1 Å². The standard InChI is InChI=1S/C21H23FN4S/c1-16(17-8-7-9-18(22)14-17)27-21-24-23-20(15-25-12-5-6-13-25)26(21)19-10-3-2-4-11-19/h2-4,7-11,14,16H,5-6,12-13,15H2,1H3. The number of benzene rings is 2. The highest BCUT2D eigenvalue weighted by atomic mass is 32.2. The molecule has 140 valence electrons. The molecule has 0 saturated carbocycles. The van der Waals surface area contributed by atoms with E-state index in [1.165, 1.54) is 18.9 Å². The minimum atomic E-state index is -0.209. The summed E-state index contributed by atoms with van der Waals surface area (Å²) in [6.45, 7) is 5.11. The average molecular weight is 383 g/mol. The van der Waals surface area contributed by atoms with Crippen molar-refractivity contribution in [2.45, 2.75) is 36.7 Å². The van der Waals surface area contributed by atoms with E-state index in [-0.39, 0.29) is 11.1 Å². The minimum absolute atomic E-state index is 0.0759. The molecule has 1 fully saturated rings. The van der Waals surface area contributed by atoms with Gasteiger partial charge in [-0.25, -0.2) is 4.39 Å². The summed E-state index contributed by atoms with van der Waals surface area (Å²) < 4.78 is 15.7. The highest BCUT2D eigenvalue weighted by Gasteiger charge is 2.21. The quantitative estimate of drug-likeness (QED) is 0.571. The smallest absolute Gasteiger partial charge is 0.196 e. The van der Waals surface area contributed by atoms with Gasteiger partial charge in [0.1, 0.15) is 5.82 Å². The number of hydrogen-bond acceptors (Lipinski definition) is 4. The van der Waals surface area contributed by atoms with Gasteiger partial charge in [-0.15, -0.1) is 10.2 Å². The summed E-state index contributed by atoms with van der Waals surface area (Å²) in [4.78, 5) is 2.42. The zero-order valence-electron chi connectivity index (χ0n) is 15.4. The number of nitrogens with zero attached hydrogens (tertiary/aromatic N) is 4. The van der Waals surface area contributed by atoms with Gasteiger partial charge in [0.2, 0.25) is 0 Å². The molecule has 6 heteroatoms. The molecule has 0 aliphatic carbocycles. The molecule has 0 spiro atoms. The van der Waals surface area contributed by atoms with E-state index in [1.54, 1.807) is 23.9 Å². The van der Waals surface area contributed by atoms with Crippen molar-refractivity contribution in [2.75, 3.05) is 13.1 Å². The molecule has 1 aliphatic heterocycles. The summed E-state index contributed by atoms with van der Waals surface area (Å²) in [6.07, 6.45) is 2.50. The number of rotatable bonds is 6. The van der Waals surface area contributed by atoms with Gasteiger partial charge in [-0.2, -0.15) is 0 Å². The number of halogens is 1. The Kier molecular flexibility index (Phi) is 5.55. The molecule has 4 rings (SSSR count). The van der Waals surface area contributed by atoms with Crippen molar-refractivity contribution in [1.82, 2.24) is 19.7 Å². The molecule has 0 amide bonds. The number of likely N-dealkylation sites (tertiary alicyclic amines) is 1. The largest absolute Gasteiger partial charge is 0.296 e. The van der Waals surface area contributed by atoms with Crippen LogP contribution in [0, 0.1) is 5.82 Å². The third kappa shape index (κ3) is 4.22. The van der Waals surface area contributed by atoms with E-state index in [9.17, 15) is 4.39 Å². The molecule has 2 aromatic carbocycles. The Morgan fingerprint density at radius 3 is 2.56 bits per heavy atom. The second-order valence-electron chi connectivity index (χ2n) is 6.87. The first-order chi connectivity index (χ1) is 13.2. The van der Waals surface area contributed by atoms with E-state index in [0.717, 1.165) is 41.9 Å². The van der Waals surface area contributed by atoms with E-state index in [2.05, 4.69) is 38.7 Å². The van der Waals surface area contributed by atoms with Crippen LogP contribution in [0.2, 0.25) is 0 Å². The summed E-state index contributed by atoms with van der Waals surface area (Å²) in [5.41, 5.74) is 2.01. The maximum atomic E-state index is 13.6. The van der Waals surface area contributed by atoms with Gasteiger partial charge in [0.05, 0.1) is 6.54 Å². The Morgan fingerprint density at radius 1 is 1.04 bits per heavy atom. The van der Waals surface area contributed by atoms with Crippen molar-refractivity contribution in [3.8, 4) is 5.69 Å². The lowest BCUT2D eigenvalue weighted by atomic mass is 10.2. The van der Waals surface area contributed by atoms with Crippen LogP contribution in [-0.2, 0) is 6.54 Å². The van der Waals surface area contributed by atoms with Crippen molar-refractivity contribution in [3.63, 3.8) is 0 Å². The molecule has 0 radical (unpaired) electrons. The van der Waals surface area contributed by atoms with E-state index >= 15 is 0 Å². The van der Waals surface area contributed by atoms with E-state index in [4.69, 9.17) is 0 Å². The van der Waals surface area contributed by atoms with E-state index < -0.39 is 0 Å². The first-order valence-corrected chi connectivity index (χ1v) is 10.2. The predicted octanol–water partition coefficient (Wildman–Crippen LogP) is 4.86. The van der Waals surface area contributed by atoms with Gasteiger partial charge >= 0.3 is 0 Å². The summed E-state index contributed by atoms with van der Waals surface area (Å²) in [5.74, 6) is 0.747. The Bertz CT molecular complexity index is 890. The van der Waals surface area contributed by atoms with Crippen molar-refractivity contribution in [3.05, 3.63) is 71.8 Å². The van der Waals surface area contributed by atoms with Crippen LogP contribution < -0.4 is 0 Å². The maximum Gasteiger partial charge on any atom is 0.196 e. The van der Waals surface area contributed by atoms with Gasteiger partial charge < -0.3 is 0 Å². The van der Waals surface area contributed by atoms with Crippen molar-refractivity contribution in [1.29, 1.82) is 0 Å². The number of hydrogen-bond donors (Lipinski definition) is 0. The molecule has 4 nitrogen and oxygen atoms in total. The molecular formula is C21H23FN4S. The van der Waals surface area contributed by atoms with Crippen LogP contribution in [0.4, 0.5) is 4.39 Å². The maximum absolute atomic E-state index is 13.6. The zero-order valence-corrected chi connectivity index (χ0v) is 16.2. The van der Waals surface area contributed by atoms with Gasteiger partial charge in [-0.3, -0.25) is 9.47 Å². The lowest BCUT2D eigenvalue weighted by Gasteiger charge is -2.17. The Morgan fingerprint density at radius 2 is 1.81 bits per heavy atom. The van der Waals surface area contributed by atoms with E-state index in [0.29, 0.717) is 0 Å². The molecule has 1 aliphatic rings. The molecule has 1 aromatic heterocycles. The van der Waals surface area contributed by atoms with Crippen LogP contribution in [0.1, 0.15) is 36.4 Å². The van der Waals surface area contributed by atoms with Crippen molar-refractivity contribution in [2.24, 2.45) is 0 Å². The summed E-state index contributed by atoms with van der Waals surface area (Å²) in [5, 5.41) is 9.89. The zero-order chi connectivity index (χ0) is 18.6. The molecule has 0 bridgehead atoms. The molecule has 1 saturated heterocycles. The van der Waals surface area contributed by atoms with Crippen LogP contribution in [0.3, 0.4) is 0 Å². The average Bonchev–Trinajstić information content (AvgIpc) is 3.33. The monoisotopic (exact) mass is 382 g/mol. The lowest BCUT2D eigenvalue weighted by molar-refractivity contribution is 0.319. The third-order valence-electron chi connectivity index (χ3n) is 4.88. The number of para-hydroxylation sites is 1. The molecular weight excluding hydrogens is 359 g/mol. The normalized spacial score (nSPS) is 15.9. The van der Waals surface area contributed by atoms with Crippen LogP contribution in [0.25, 0.3) is 5.69 Å². The third-order valence-corrected chi connectivity index (χ3v) is 5.98. The number of aromatic nitrogens is 3. The lowest BCUT2D eigenvalue weighted by Crippen LogP contribution is -2.21. The van der Waals surface area contributed by atoms with Crippen LogP contribution in [0.15, 0.2) is 59.8 Å². The molecule has 2 heterocycles. The fourth-order valence-electron chi connectivity index (χ4n) is 3.44. The summed E-state index contributed by atoms with van der Waals surface area (Å²) in [6, 6.07) is 17.0. The predicted molar refractivity (Wildman–Crippen MR) is 107 cm³/mol. The SMILES string of the molecule is CC(Sc1nnc(CN2CCCC2)n1-c1ccccc1)c1cccc(F)c1. The Labute approximate surface area is 163 Å².